The van der Waals surface area contributed by atoms with Gasteiger partial charge in [-0.1, -0.05) is 0 Å². The number of halogens is 5. The van der Waals surface area contributed by atoms with Crippen LogP contribution in [-0.4, -0.2) is 23.5 Å². The van der Waals surface area contributed by atoms with Crippen molar-refractivity contribution in [3.63, 3.8) is 0 Å². The highest BCUT2D eigenvalue weighted by molar-refractivity contribution is 5.94. The van der Waals surface area contributed by atoms with Crippen molar-refractivity contribution in [2.45, 2.75) is 19.1 Å². The van der Waals surface area contributed by atoms with Crippen LogP contribution in [0.2, 0.25) is 0 Å². The monoisotopic (exact) mass is 319 g/mol. The number of carbonyl (C=O) groups excluding carboxylic acids is 1. The first-order valence-electron chi connectivity index (χ1n) is 4.88. The zero-order valence-electron chi connectivity index (χ0n) is 9.90. The Hall–Kier alpha value is -1.05. The molecule has 1 aromatic rings. The van der Waals surface area contributed by atoms with Crippen LogP contribution in [0.25, 0.3) is 0 Å². The summed E-state index contributed by atoms with van der Waals surface area (Å²) < 4.78 is 36.6. The fourth-order valence-corrected chi connectivity index (χ4v) is 1.06. The number of aromatic nitrogens is 1. The quantitative estimate of drug-likeness (QED) is 0.895. The largest absolute Gasteiger partial charge is 0.433 e. The average molecular weight is 320 g/mol. The lowest BCUT2D eigenvalue weighted by Gasteiger charge is -2.11. The highest BCUT2D eigenvalue weighted by Crippen LogP contribution is 2.27. The van der Waals surface area contributed by atoms with Gasteiger partial charge in [-0.3, -0.25) is 9.78 Å². The van der Waals surface area contributed by atoms with Gasteiger partial charge in [0.15, 0.2) is 0 Å². The number of nitrogens with zero attached hydrogens (tertiary/aromatic N) is 1. The van der Waals surface area contributed by atoms with E-state index in [1.54, 1.807) is 6.92 Å². The van der Waals surface area contributed by atoms with Crippen LogP contribution in [0.3, 0.4) is 0 Å². The maximum absolute atomic E-state index is 12.2. The minimum atomic E-state index is -4.50. The summed E-state index contributed by atoms with van der Waals surface area (Å²) >= 11 is 0. The number of alkyl halides is 3. The summed E-state index contributed by atoms with van der Waals surface area (Å²) in [5, 5.41) is 2.52. The number of carbonyl (C=O) groups is 1. The van der Waals surface area contributed by atoms with E-state index >= 15 is 0 Å². The highest BCUT2D eigenvalue weighted by Gasteiger charge is 2.32. The zero-order chi connectivity index (χ0) is 13.1. The molecule has 19 heavy (non-hydrogen) atoms. The van der Waals surface area contributed by atoms with Crippen molar-refractivity contribution >= 4 is 30.7 Å². The number of rotatable bonds is 3. The van der Waals surface area contributed by atoms with E-state index in [-0.39, 0.29) is 43.0 Å². The minimum Gasteiger partial charge on any atom is -0.348 e. The molecule has 0 radical (unpaired) electrons. The lowest BCUT2D eigenvalue weighted by atomic mass is 10.2. The van der Waals surface area contributed by atoms with Crippen LogP contribution in [0.5, 0.6) is 0 Å². The van der Waals surface area contributed by atoms with Crippen molar-refractivity contribution in [1.29, 1.82) is 0 Å². The maximum Gasteiger partial charge on any atom is 0.433 e. The Morgan fingerprint density at radius 1 is 1.42 bits per heavy atom. The Morgan fingerprint density at radius 2 is 2.00 bits per heavy atom. The highest BCUT2D eigenvalue weighted by atomic mass is 35.5. The molecule has 1 rings (SSSR count). The molecule has 0 spiro atoms. The van der Waals surface area contributed by atoms with Gasteiger partial charge in [0.2, 0.25) is 0 Å². The van der Waals surface area contributed by atoms with E-state index in [0.29, 0.717) is 0 Å². The Kier molecular flexibility index (Phi) is 8.73. The summed E-state index contributed by atoms with van der Waals surface area (Å²) in [6, 6.07) is 1.60. The van der Waals surface area contributed by atoms with E-state index in [1.807, 2.05) is 0 Å². The molecule has 0 aliphatic rings. The Morgan fingerprint density at radius 3 is 2.37 bits per heavy atom. The second-order valence-electron chi connectivity index (χ2n) is 3.54. The topological polar surface area (TPSA) is 68.0 Å². The number of hydrogen-bond donors (Lipinski definition) is 2. The molecule has 0 saturated heterocycles. The lowest BCUT2D eigenvalue weighted by Crippen LogP contribution is -2.37. The van der Waals surface area contributed by atoms with Crippen LogP contribution in [0.15, 0.2) is 18.3 Å². The van der Waals surface area contributed by atoms with Crippen molar-refractivity contribution in [3.8, 4) is 0 Å². The van der Waals surface area contributed by atoms with Gasteiger partial charge in [-0.25, -0.2) is 0 Å². The van der Waals surface area contributed by atoms with Crippen molar-refractivity contribution in [1.82, 2.24) is 10.3 Å². The maximum atomic E-state index is 12.2. The Balaban J connectivity index is 0. The predicted octanol–water partition coefficient (Wildman–Crippen LogP) is 2.02. The van der Waals surface area contributed by atoms with Gasteiger partial charge in [-0.05, 0) is 19.1 Å². The molecule has 0 fully saturated rings. The third-order valence-electron chi connectivity index (χ3n) is 2.05. The van der Waals surface area contributed by atoms with Crippen LogP contribution in [-0.2, 0) is 6.18 Å². The molecule has 0 unspecified atom stereocenters. The van der Waals surface area contributed by atoms with E-state index in [0.717, 1.165) is 18.3 Å². The van der Waals surface area contributed by atoms with Gasteiger partial charge < -0.3 is 11.1 Å². The SMILES string of the molecule is C[C@@H](CN)NC(=O)c1ccc(C(F)(F)F)nc1.Cl.Cl. The lowest BCUT2D eigenvalue weighted by molar-refractivity contribution is -0.141. The van der Waals surface area contributed by atoms with Gasteiger partial charge in [-0.2, -0.15) is 13.2 Å². The number of hydrogen-bond acceptors (Lipinski definition) is 3. The van der Waals surface area contributed by atoms with Gasteiger partial charge in [0, 0.05) is 18.8 Å². The molecular weight excluding hydrogens is 306 g/mol. The fourth-order valence-electron chi connectivity index (χ4n) is 1.06. The molecular formula is C10H14Cl2F3N3O. The van der Waals surface area contributed by atoms with E-state index in [1.165, 1.54) is 0 Å². The molecule has 1 amide bonds. The molecule has 1 heterocycles. The van der Waals surface area contributed by atoms with Crippen molar-refractivity contribution in [3.05, 3.63) is 29.6 Å². The minimum absolute atomic E-state index is 0. The first-order chi connectivity index (χ1) is 7.84. The molecule has 1 aromatic heterocycles. The molecule has 0 bridgehead atoms. The van der Waals surface area contributed by atoms with E-state index in [4.69, 9.17) is 5.73 Å². The zero-order valence-corrected chi connectivity index (χ0v) is 11.5. The molecule has 0 aliphatic heterocycles. The van der Waals surface area contributed by atoms with Gasteiger partial charge >= 0.3 is 6.18 Å². The summed E-state index contributed by atoms with van der Waals surface area (Å²) in [5.41, 5.74) is 4.34. The van der Waals surface area contributed by atoms with Crippen LogP contribution in [0.4, 0.5) is 13.2 Å². The normalized spacial score (nSPS) is 11.8. The standard InChI is InChI=1S/C10H12F3N3O.2ClH/c1-6(4-14)16-9(17)7-2-3-8(15-5-7)10(11,12)13;;/h2-3,5-6H,4,14H2,1H3,(H,16,17);2*1H/t6-;;/m0../s1. The molecule has 0 aromatic carbocycles. The van der Waals surface area contributed by atoms with Crippen LogP contribution in [0, 0.1) is 0 Å². The summed E-state index contributed by atoms with van der Waals surface area (Å²) in [6.07, 6.45) is -3.61. The van der Waals surface area contributed by atoms with Crippen LogP contribution in [0.1, 0.15) is 23.0 Å². The van der Waals surface area contributed by atoms with Crippen LogP contribution < -0.4 is 11.1 Å². The van der Waals surface area contributed by atoms with Crippen molar-refractivity contribution < 1.29 is 18.0 Å². The third kappa shape index (κ3) is 6.09. The fraction of sp³-hybridized carbons (Fsp3) is 0.400. The van der Waals surface area contributed by atoms with Crippen molar-refractivity contribution in [2.75, 3.05) is 6.54 Å². The Labute approximate surface area is 120 Å². The third-order valence-corrected chi connectivity index (χ3v) is 2.05. The second kappa shape index (κ2) is 8.19. The summed E-state index contributed by atoms with van der Waals surface area (Å²) in [5.74, 6) is -0.496. The number of nitrogens with one attached hydrogen (secondary N) is 1. The molecule has 1 atom stereocenters. The average Bonchev–Trinajstić information content (AvgIpc) is 2.27. The van der Waals surface area contributed by atoms with E-state index in [9.17, 15) is 18.0 Å². The van der Waals surface area contributed by atoms with E-state index < -0.39 is 17.8 Å². The summed E-state index contributed by atoms with van der Waals surface area (Å²) in [6.45, 7) is 1.94. The van der Waals surface area contributed by atoms with Gasteiger partial charge in [0.1, 0.15) is 5.69 Å². The first-order valence-corrected chi connectivity index (χ1v) is 4.88. The molecule has 0 aliphatic carbocycles. The second-order valence-corrected chi connectivity index (χ2v) is 3.54. The molecule has 4 nitrogen and oxygen atoms in total. The molecule has 0 saturated carbocycles. The molecule has 9 heteroatoms. The summed E-state index contributed by atoms with van der Waals surface area (Å²) in [4.78, 5) is 14.7. The smallest absolute Gasteiger partial charge is 0.348 e. The predicted molar refractivity (Wildman–Crippen MR) is 69.7 cm³/mol. The molecule has 110 valence electrons. The van der Waals surface area contributed by atoms with Gasteiger partial charge in [0.05, 0.1) is 5.56 Å². The molecule has 3 N–H and O–H groups in total. The van der Waals surface area contributed by atoms with E-state index in [2.05, 4.69) is 10.3 Å². The van der Waals surface area contributed by atoms with Crippen LogP contribution >= 0.6 is 24.8 Å². The number of pyridine rings is 1. The Bertz CT molecular complexity index is 398. The van der Waals surface area contributed by atoms with Crippen molar-refractivity contribution in [2.24, 2.45) is 5.73 Å². The number of nitrogens with two attached hydrogens (primary N) is 1. The summed E-state index contributed by atoms with van der Waals surface area (Å²) in [7, 11) is 0. The first kappa shape index (κ1) is 20.3. The van der Waals surface area contributed by atoms with Gasteiger partial charge in [0.25, 0.3) is 5.91 Å². The van der Waals surface area contributed by atoms with Gasteiger partial charge in [-0.15, -0.1) is 24.8 Å². The number of amides is 1.